The van der Waals surface area contributed by atoms with Gasteiger partial charge in [0.1, 0.15) is 11.6 Å². The average molecular weight is 273 g/mol. The van der Waals surface area contributed by atoms with E-state index in [9.17, 15) is 4.39 Å². The Morgan fingerprint density at radius 1 is 1.15 bits per heavy atom. The molecule has 0 saturated carbocycles. The van der Waals surface area contributed by atoms with Gasteiger partial charge in [-0.05, 0) is 55.2 Å². The van der Waals surface area contributed by atoms with Crippen molar-refractivity contribution in [1.82, 2.24) is 0 Å². The number of hydrogen-bond donors (Lipinski definition) is 1. The predicted molar refractivity (Wildman–Crippen MR) is 79.5 cm³/mol. The molecule has 0 fully saturated rings. The Labute approximate surface area is 119 Å². The number of nitrogens with two attached hydrogens (primary N) is 1. The highest BCUT2D eigenvalue weighted by Gasteiger charge is 2.13. The van der Waals surface area contributed by atoms with Crippen molar-refractivity contribution in [2.75, 3.05) is 7.11 Å². The van der Waals surface area contributed by atoms with Crippen molar-refractivity contribution < 1.29 is 9.13 Å². The number of ether oxygens (including phenoxy) is 1. The van der Waals surface area contributed by atoms with Gasteiger partial charge in [-0.2, -0.15) is 0 Å². The molecule has 0 aliphatic rings. The molecule has 0 spiro atoms. The normalized spacial score (nSPS) is 12.2. The fourth-order valence-corrected chi connectivity index (χ4v) is 2.47. The maximum atomic E-state index is 13.1. The summed E-state index contributed by atoms with van der Waals surface area (Å²) in [5.41, 5.74) is 10.4. The first kappa shape index (κ1) is 14.5. The number of halogens is 1. The van der Waals surface area contributed by atoms with E-state index in [1.165, 1.54) is 17.7 Å². The number of hydrogen-bond acceptors (Lipinski definition) is 2. The second-order valence-corrected chi connectivity index (χ2v) is 5.13. The molecule has 0 saturated heterocycles. The molecule has 1 unspecified atom stereocenters. The van der Waals surface area contributed by atoms with Crippen LogP contribution in [-0.4, -0.2) is 7.11 Å². The monoisotopic (exact) mass is 273 g/mol. The fourth-order valence-electron chi connectivity index (χ4n) is 2.47. The Kier molecular flexibility index (Phi) is 4.40. The van der Waals surface area contributed by atoms with E-state index < -0.39 is 0 Å². The van der Waals surface area contributed by atoms with Crippen molar-refractivity contribution in [2.45, 2.75) is 26.3 Å². The van der Waals surface area contributed by atoms with Crippen LogP contribution in [-0.2, 0) is 6.42 Å². The average Bonchev–Trinajstić information content (AvgIpc) is 2.38. The Balaban J connectivity index is 2.27. The minimum Gasteiger partial charge on any atom is -0.496 e. The summed E-state index contributed by atoms with van der Waals surface area (Å²) in [4.78, 5) is 0. The number of rotatable bonds is 4. The summed E-state index contributed by atoms with van der Waals surface area (Å²) in [6.45, 7) is 3.92. The molecular weight excluding hydrogens is 253 g/mol. The standard InChI is InChI=1S/C17H20FNO/c1-11-4-7-17(20-3)13(8-11)10-16(19)15-6-5-14(18)9-12(15)2/h4-9,16H,10,19H2,1-3H3. The van der Waals surface area contributed by atoms with Gasteiger partial charge in [-0.15, -0.1) is 0 Å². The van der Waals surface area contributed by atoms with Gasteiger partial charge < -0.3 is 10.5 Å². The summed E-state index contributed by atoms with van der Waals surface area (Å²) in [5, 5.41) is 0. The second kappa shape index (κ2) is 6.06. The van der Waals surface area contributed by atoms with Gasteiger partial charge in [0.25, 0.3) is 0 Å². The van der Waals surface area contributed by atoms with Gasteiger partial charge >= 0.3 is 0 Å². The highest BCUT2D eigenvalue weighted by molar-refractivity contribution is 5.39. The van der Waals surface area contributed by atoms with Crippen molar-refractivity contribution in [3.8, 4) is 5.75 Å². The summed E-state index contributed by atoms with van der Waals surface area (Å²) < 4.78 is 18.5. The second-order valence-electron chi connectivity index (χ2n) is 5.13. The molecule has 20 heavy (non-hydrogen) atoms. The Morgan fingerprint density at radius 3 is 2.55 bits per heavy atom. The molecule has 2 nitrogen and oxygen atoms in total. The third kappa shape index (κ3) is 3.17. The zero-order valence-electron chi connectivity index (χ0n) is 12.1. The SMILES string of the molecule is COc1ccc(C)cc1CC(N)c1ccc(F)cc1C. The molecule has 2 aromatic carbocycles. The van der Waals surface area contributed by atoms with E-state index in [1.807, 2.05) is 26.0 Å². The maximum absolute atomic E-state index is 13.1. The van der Waals surface area contributed by atoms with E-state index in [0.29, 0.717) is 6.42 Å². The number of aryl methyl sites for hydroxylation is 2. The number of benzene rings is 2. The molecule has 0 amide bonds. The maximum Gasteiger partial charge on any atom is 0.123 e. The van der Waals surface area contributed by atoms with Gasteiger partial charge in [-0.25, -0.2) is 4.39 Å². The van der Waals surface area contributed by atoms with Crippen LogP contribution in [0.1, 0.15) is 28.3 Å². The predicted octanol–water partition coefficient (Wildman–Crippen LogP) is 3.69. The molecule has 106 valence electrons. The Bertz CT molecular complexity index is 610. The summed E-state index contributed by atoms with van der Waals surface area (Å²) in [5.74, 6) is 0.609. The smallest absolute Gasteiger partial charge is 0.123 e. The van der Waals surface area contributed by atoms with E-state index in [2.05, 4.69) is 6.07 Å². The lowest BCUT2D eigenvalue weighted by Gasteiger charge is -2.17. The van der Waals surface area contributed by atoms with Crippen LogP contribution < -0.4 is 10.5 Å². The molecule has 0 aromatic heterocycles. The summed E-state index contributed by atoms with van der Waals surface area (Å²) >= 11 is 0. The lowest BCUT2D eigenvalue weighted by molar-refractivity contribution is 0.408. The van der Waals surface area contributed by atoms with Gasteiger partial charge in [-0.1, -0.05) is 23.8 Å². The van der Waals surface area contributed by atoms with Crippen molar-refractivity contribution in [1.29, 1.82) is 0 Å². The molecule has 2 N–H and O–H groups in total. The minimum atomic E-state index is -0.230. The summed E-state index contributed by atoms with van der Waals surface area (Å²) in [6.07, 6.45) is 0.664. The van der Waals surface area contributed by atoms with Crippen molar-refractivity contribution >= 4 is 0 Å². The molecule has 3 heteroatoms. The highest BCUT2D eigenvalue weighted by Crippen LogP contribution is 2.26. The first-order chi connectivity index (χ1) is 9.51. The quantitative estimate of drug-likeness (QED) is 0.922. The van der Waals surface area contributed by atoms with Crippen LogP contribution in [0.2, 0.25) is 0 Å². The van der Waals surface area contributed by atoms with Gasteiger partial charge in [-0.3, -0.25) is 0 Å². The molecule has 0 bridgehead atoms. The van der Waals surface area contributed by atoms with Crippen molar-refractivity contribution in [2.24, 2.45) is 5.73 Å². The molecule has 0 radical (unpaired) electrons. The van der Waals surface area contributed by atoms with E-state index in [-0.39, 0.29) is 11.9 Å². The first-order valence-corrected chi connectivity index (χ1v) is 6.66. The van der Waals surface area contributed by atoms with E-state index in [1.54, 1.807) is 13.2 Å². The zero-order chi connectivity index (χ0) is 14.7. The first-order valence-electron chi connectivity index (χ1n) is 6.66. The number of methoxy groups -OCH3 is 1. The highest BCUT2D eigenvalue weighted by atomic mass is 19.1. The molecular formula is C17H20FNO. The molecule has 0 aliphatic carbocycles. The third-order valence-corrected chi connectivity index (χ3v) is 3.51. The van der Waals surface area contributed by atoms with E-state index >= 15 is 0 Å². The summed E-state index contributed by atoms with van der Waals surface area (Å²) in [7, 11) is 1.66. The van der Waals surface area contributed by atoms with Gasteiger partial charge in [0, 0.05) is 6.04 Å². The zero-order valence-corrected chi connectivity index (χ0v) is 12.1. The van der Waals surface area contributed by atoms with Crippen LogP contribution >= 0.6 is 0 Å². The largest absolute Gasteiger partial charge is 0.496 e. The van der Waals surface area contributed by atoms with Gasteiger partial charge in [0.15, 0.2) is 0 Å². The third-order valence-electron chi connectivity index (χ3n) is 3.51. The summed E-state index contributed by atoms with van der Waals surface area (Å²) in [6, 6.07) is 10.6. The Morgan fingerprint density at radius 2 is 1.90 bits per heavy atom. The van der Waals surface area contributed by atoms with Crippen LogP contribution in [0.4, 0.5) is 4.39 Å². The van der Waals surface area contributed by atoms with Crippen LogP contribution in [0, 0.1) is 19.7 Å². The molecule has 2 rings (SSSR count). The molecule has 1 atom stereocenters. The van der Waals surface area contributed by atoms with Crippen LogP contribution in [0.25, 0.3) is 0 Å². The van der Waals surface area contributed by atoms with Gasteiger partial charge in [0.2, 0.25) is 0 Å². The molecule has 0 aliphatic heterocycles. The van der Waals surface area contributed by atoms with Crippen molar-refractivity contribution in [3.05, 3.63) is 64.5 Å². The fraction of sp³-hybridized carbons (Fsp3) is 0.294. The topological polar surface area (TPSA) is 35.2 Å². The van der Waals surface area contributed by atoms with E-state index in [4.69, 9.17) is 10.5 Å². The lowest BCUT2D eigenvalue weighted by atomic mass is 9.95. The van der Waals surface area contributed by atoms with Crippen LogP contribution in [0.15, 0.2) is 36.4 Å². The lowest BCUT2D eigenvalue weighted by Crippen LogP contribution is -2.15. The van der Waals surface area contributed by atoms with E-state index in [0.717, 1.165) is 22.4 Å². The van der Waals surface area contributed by atoms with Gasteiger partial charge in [0.05, 0.1) is 7.11 Å². The van der Waals surface area contributed by atoms with Crippen LogP contribution in [0.3, 0.4) is 0 Å². The molecule has 0 heterocycles. The Hall–Kier alpha value is -1.87. The minimum absolute atomic E-state index is 0.175. The van der Waals surface area contributed by atoms with Crippen molar-refractivity contribution in [3.63, 3.8) is 0 Å². The van der Waals surface area contributed by atoms with Crippen LogP contribution in [0.5, 0.6) is 5.75 Å². The molecule has 2 aromatic rings.